The minimum Gasteiger partial charge on any atom is -0.468 e. The van der Waals surface area contributed by atoms with E-state index in [2.05, 4.69) is 31.1 Å². The van der Waals surface area contributed by atoms with Crippen LogP contribution in [-0.4, -0.2) is 30.5 Å². The summed E-state index contributed by atoms with van der Waals surface area (Å²) >= 11 is 3.38. The molecule has 0 aliphatic carbocycles. The average molecular weight is 324 g/mol. The van der Waals surface area contributed by atoms with Crippen molar-refractivity contribution < 1.29 is 4.42 Å². The highest BCUT2D eigenvalue weighted by Gasteiger charge is 2.16. The second-order valence-corrected chi connectivity index (χ2v) is 5.39. The number of nitrogens with one attached hydrogen (secondary N) is 1. The molecular formula is C14H18BrN3O. The third-order valence-electron chi connectivity index (χ3n) is 2.91. The first-order chi connectivity index (χ1) is 9.16. The monoisotopic (exact) mass is 323 g/mol. The van der Waals surface area contributed by atoms with Crippen LogP contribution in [0, 0.1) is 0 Å². The fraction of sp³-hybridized carbons (Fsp3) is 0.357. The van der Waals surface area contributed by atoms with Crippen molar-refractivity contribution in [2.45, 2.75) is 12.6 Å². The number of hydrogen-bond donors (Lipinski definition) is 1. The molecule has 2 aromatic rings. The van der Waals surface area contributed by atoms with Crippen LogP contribution in [0.4, 0.5) is 0 Å². The number of halogens is 1. The van der Waals surface area contributed by atoms with Crippen LogP contribution in [0.1, 0.15) is 17.5 Å². The van der Waals surface area contributed by atoms with E-state index in [1.165, 1.54) is 0 Å². The van der Waals surface area contributed by atoms with Gasteiger partial charge in [0.05, 0.1) is 18.0 Å². The first-order valence-electron chi connectivity index (χ1n) is 6.19. The number of hydrogen-bond acceptors (Lipinski definition) is 4. The fourth-order valence-electron chi connectivity index (χ4n) is 1.90. The molecule has 0 radical (unpaired) electrons. The van der Waals surface area contributed by atoms with Gasteiger partial charge in [-0.2, -0.15) is 0 Å². The van der Waals surface area contributed by atoms with E-state index in [-0.39, 0.29) is 6.04 Å². The summed E-state index contributed by atoms with van der Waals surface area (Å²) in [5.74, 6) is 0.972. The number of aromatic nitrogens is 1. The van der Waals surface area contributed by atoms with E-state index in [1.807, 2.05) is 44.4 Å². The van der Waals surface area contributed by atoms with Crippen LogP contribution in [0.2, 0.25) is 0 Å². The molecular weight excluding hydrogens is 306 g/mol. The Kier molecular flexibility index (Phi) is 5.13. The standard InChI is InChI=1S/C14H18BrN3O/c1-18(2)12(13-6-4-8-19-13)10-16-9-11-5-3-7-14(15)17-11/h3-8,12,16H,9-10H2,1-2H3. The zero-order chi connectivity index (χ0) is 13.7. The molecule has 2 heterocycles. The Labute approximate surface area is 122 Å². The summed E-state index contributed by atoms with van der Waals surface area (Å²) in [5, 5.41) is 3.41. The molecule has 0 saturated heterocycles. The van der Waals surface area contributed by atoms with Gasteiger partial charge in [0.25, 0.3) is 0 Å². The number of furan rings is 1. The molecule has 0 fully saturated rings. The minimum atomic E-state index is 0.224. The lowest BCUT2D eigenvalue weighted by Gasteiger charge is -2.22. The van der Waals surface area contributed by atoms with Crippen molar-refractivity contribution in [1.82, 2.24) is 15.2 Å². The van der Waals surface area contributed by atoms with Crippen LogP contribution in [0.3, 0.4) is 0 Å². The molecule has 1 N–H and O–H groups in total. The van der Waals surface area contributed by atoms with Gasteiger partial charge >= 0.3 is 0 Å². The molecule has 0 saturated carbocycles. The van der Waals surface area contributed by atoms with E-state index in [4.69, 9.17) is 4.42 Å². The van der Waals surface area contributed by atoms with E-state index >= 15 is 0 Å². The van der Waals surface area contributed by atoms with Gasteiger partial charge in [0.2, 0.25) is 0 Å². The van der Waals surface area contributed by atoms with E-state index in [0.717, 1.165) is 29.1 Å². The molecule has 1 unspecified atom stereocenters. The Morgan fingerprint density at radius 3 is 2.79 bits per heavy atom. The van der Waals surface area contributed by atoms with Gasteiger partial charge in [-0.25, -0.2) is 4.98 Å². The lowest BCUT2D eigenvalue weighted by Crippen LogP contribution is -2.30. The highest BCUT2D eigenvalue weighted by Crippen LogP contribution is 2.17. The molecule has 2 rings (SSSR count). The van der Waals surface area contributed by atoms with Gasteiger partial charge in [-0.3, -0.25) is 4.90 Å². The van der Waals surface area contributed by atoms with Crippen LogP contribution in [0.15, 0.2) is 45.6 Å². The third-order valence-corrected chi connectivity index (χ3v) is 3.35. The molecule has 4 nitrogen and oxygen atoms in total. The van der Waals surface area contributed by atoms with Crippen LogP contribution < -0.4 is 5.32 Å². The smallest absolute Gasteiger partial charge is 0.122 e. The van der Waals surface area contributed by atoms with Crippen molar-refractivity contribution in [2.24, 2.45) is 0 Å². The second kappa shape index (κ2) is 6.84. The fourth-order valence-corrected chi connectivity index (χ4v) is 2.28. The van der Waals surface area contributed by atoms with Gasteiger partial charge in [0.1, 0.15) is 10.4 Å². The molecule has 0 aliphatic rings. The summed E-state index contributed by atoms with van der Waals surface area (Å²) in [7, 11) is 4.10. The molecule has 102 valence electrons. The van der Waals surface area contributed by atoms with Crippen LogP contribution in [0.5, 0.6) is 0 Å². The minimum absolute atomic E-state index is 0.224. The Morgan fingerprint density at radius 2 is 2.16 bits per heavy atom. The predicted octanol–water partition coefficient (Wildman–Crippen LogP) is 2.83. The molecule has 0 spiro atoms. The van der Waals surface area contributed by atoms with E-state index in [0.29, 0.717) is 0 Å². The van der Waals surface area contributed by atoms with Gasteiger partial charge in [0.15, 0.2) is 0 Å². The van der Waals surface area contributed by atoms with E-state index in [1.54, 1.807) is 6.26 Å². The lowest BCUT2D eigenvalue weighted by atomic mass is 10.2. The molecule has 1 atom stereocenters. The maximum atomic E-state index is 5.47. The van der Waals surface area contributed by atoms with Crippen molar-refractivity contribution in [3.8, 4) is 0 Å². The molecule has 0 aromatic carbocycles. The normalized spacial score (nSPS) is 12.8. The highest BCUT2D eigenvalue weighted by atomic mass is 79.9. The lowest BCUT2D eigenvalue weighted by molar-refractivity contribution is 0.250. The summed E-state index contributed by atoms with van der Waals surface area (Å²) in [4.78, 5) is 6.53. The van der Waals surface area contributed by atoms with E-state index in [9.17, 15) is 0 Å². The van der Waals surface area contributed by atoms with Gasteiger partial charge in [-0.1, -0.05) is 6.07 Å². The number of pyridine rings is 1. The quantitative estimate of drug-likeness (QED) is 0.830. The van der Waals surface area contributed by atoms with Crippen molar-refractivity contribution >= 4 is 15.9 Å². The number of rotatable bonds is 6. The molecule has 0 bridgehead atoms. The number of nitrogens with zero attached hydrogens (tertiary/aromatic N) is 2. The summed E-state index contributed by atoms with van der Waals surface area (Å²) < 4.78 is 6.34. The first kappa shape index (κ1) is 14.2. The van der Waals surface area contributed by atoms with Crippen molar-refractivity contribution in [3.05, 3.63) is 52.7 Å². The topological polar surface area (TPSA) is 41.3 Å². The summed E-state index contributed by atoms with van der Waals surface area (Å²) in [6, 6.07) is 10.1. The summed E-state index contributed by atoms with van der Waals surface area (Å²) in [6.07, 6.45) is 1.71. The second-order valence-electron chi connectivity index (χ2n) is 4.58. The zero-order valence-corrected chi connectivity index (χ0v) is 12.7. The van der Waals surface area contributed by atoms with Crippen molar-refractivity contribution in [3.63, 3.8) is 0 Å². The Morgan fingerprint density at radius 1 is 1.32 bits per heavy atom. The summed E-state index contributed by atoms with van der Waals surface area (Å²) in [6.45, 7) is 1.55. The SMILES string of the molecule is CN(C)C(CNCc1cccc(Br)n1)c1ccco1. The number of likely N-dealkylation sites (N-methyl/N-ethyl adjacent to an activating group) is 1. The summed E-state index contributed by atoms with van der Waals surface area (Å²) in [5.41, 5.74) is 1.02. The van der Waals surface area contributed by atoms with Crippen molar-refractivity contribution in [1.29, 1.82) is 0 Å². The van der Waals surface area contributed by atoms with Gasteiger partial charge in [-0.05, 0) is 54.3 Å². The highest BCUT2D eigenvalue weighted by molar-refractivity contribution is 9.10. The largest absolute Gasteiger partial charge is 0.468 e. The van der Waals surface area contributed by atoms with E-state index < -0.39 is 0 Å². The molecule has 0 aliphatic heterocycles. The molecule has 19 heavy (non-hydrogen) atoms. The maximum Gasteiger partial charge on any atom is 0.122 e. The third kappa shape index (κ3) is 4.16. The van der Waals surface area contributed by atoms with Gasteiger partial charge in [0, 0.05) is 13.1 Å². The molecule has 0 amide bonds. The van der Waals surface area contributed by atoms with Crippen molar-refractivity contribution in [2.75, 3.05) is 20.6 Å². The Bertz CT molecular complexity index is 499. The average Bonchev–Trinajstić information content (AvgIpc) is 2.88. The first-order valence-corrected chi connectivity index (χ1v) is 6.98. The Balaban J connectivity index is 1.90. The molecule has 5 heteroatoms. The van der Waals surface area contributed by atoms with Crippen LogP contribution in [0.25, 0.3) is 0 Å². The maximum absolute atomic E-state index is 5.47. The molecule has 2 aromatic heterocycles. The van der Waals surface area contributed by atoms with Gasteiger partial charge < -0.3 is 9.73 Å². The van der Waals surface area contributed by atoms with Crippen LogP contribution >= 0.6 is 15.9 Å². The predicted molar refractivity (Wildman–Crippen MR) is 78.8 cm³/mol. The zero-order valence-electron chi connectivity index (χ0n) is 11.1. The van der Waals surface area contributed by atoms with Crippen LogP contribution in [-0.2, 0) is 6.54 Å². The van der Waals surface area contributed by atoms with Gasteiger partial charge in [-0.15, -0.1) is 0 Å². The Hall–Kier alpha value is -1.17.